The van der Waals surface area contributed by atoms with Gasteiger partial charge in [-0.3, -0.25) is 4.57 Å². The van der Waals surface area contributed by atoms with E-state index in [1.807, 2.05) is 0 Å². The van der Waals surface area contributed by atoms with Crippen LogP contribution in [0.5, 0.6) is 0 Å². The molecule has 2 nitrogen and oxygen atoms in total. The van der Waals surface area contributed by atoms with Crippen LogP contribution in [0.2, 0.25) is 0 Å². The van der Waals surface area contributed by atoms with Crippen molar-refractivity contribution >= 4 is 22.6 Å². The van der Waals surface area contributed by atoms with E-state index in [9.17, 15) is 13.2 Å². The number of benzene rings is 2. The summed E-state index contributed by atoms with van der Waals surface area (Å²) in [4.78, 5) is 4.16. The topological polar surface area (TPSA) is 17.8 Å². The minimum atomic E-state index is -1.03. The Morgan fingerprint density at radius 1 is 1.10 bits per heavy atom. The maximum Gasteiger partial charge on any atom is 0.185 e. The lowest BCUT2D eigenvalue weighted by molar-refractivity contribution is 0.514. The third kappa shape index (κ3) is 2.17. The van der Waals surface area contributed by atoms with Crippen LogP contribution < -0.4 is 0 Å². The Labute approximate surface area is 123 Å². The third-order valence-electron chi connectivity index (χ3n) is 3.31. The molecule has 1 heterocycles. The van der Waals surface area contributed by atoms with Crippen LogP contribution in [-0.4, -0.2) is 9.55 Å². The Morgan fingerprint density at radius 3 is 2.52 bits per heavy atom. The predicted octanol–water partition coefficient (Wildman–Crippen LogP) is 4.49. The molecule has 0 aliphatic heterocycles. The van der Waals surface area contributed by atoms with E-state index < -0.39 is 17.5 Å². The molecule has 0 spiro atoms. The van der Waals surface area contributed by atoms with Gasteiger partial charge in [0.25, 0.3) is 0 Å². The fourth-order valence-electron chi connectivity index (χ4n) is 2.24. The zero-order chi connectivity index (χ0) is 15.1. The van der Waals surface area contributed by atoms with E-state index in [1.54, 1.807) is 19.1 Å². The van der Waals surface area contributed by atoms with Crippen LogP contribution in [0.25, 0.3) is 16.7 Å². The van der Waals surface area contributed by atoms with E-state index in [1.165, 1.54) is 16.7 Å². The monoisotopic (exact) mass is 310 g/mol. The van der Waals surface area contributed by atoms with Gasteiger partial charge in [0.1, 0.15) is 17.2 Å². The van der Waals surface area contributed by atoms with Crippen molar-refractivity contribution in [1.82, 2.24) is 9.55 Å². The van der Waals surface area contributed by atoms with Gasteiger partial charge < -0.3 is 0 Å². The van der Waals surface area contributed by atoms with Crippen molar-refractivity contribution in [2.45, 2.75) is 12.8 Å². The number of halogens is 4. The SMILES string of the molecule is Cc1ccc(-n2c(CCl)nc3ccc(F)c(F)c32)cc1F. The van der Waals surface area contributed by atoms with Gasteiger partial charge in [0, 0.05) is 0 Å². The minimum Gasteiger partial charge on any atom is -0.292 e. The molecule has 3 aromatic rings. The summed E-state index contributed by atoms with van der Waals surface area (Å²) in [7, 11) is 0. The van der Waals surface area contributed by atoms with Gasteiger partial charge in [0.15, 0.2) is 11.6 Å². The summed E-state index contributed by atoms with van der Waals surface area (Å²) in [5, 5.41) is 0. The smallest absolute Gasteiger partial charge is 0.185 e. The van der Waals surface area contributed by atoms with Crippen LogP contribution in [0.4, 0.5) is 13.2 Å². The minimum absolute atomic E-state index is 0.00870. The number of nitrogens with zero attached hydrogens (tertiary/aromatic N) is 2. The second-order valence-corrected chi connectivity index (χ2v) is 4.93. The highest BCUT2D eigenvalue weighted by molar-refractivity contribution is 6.17. The lowest BCUT2D eigenvalue weighted by Crippen LogP contribution is -2.02. The molecule has 6 heteroatoms. The molecule has 0 saturated heterocycles. The van der Waals surface area contributed by atoms with Gasteiger partial charge in [-0.05, 0) is 36.8 Å². The number of alkyl halides is 1. The second kappa shape index (κ2) is 5.07. The molecule has 0 bridgehead atoms. The zero-order valence-corrected chi connectivity index (χ0v) is 11.8. The van der Waals surface area contributed by atoms with Crippen molar-refractivity contribution in [2.24, 2.45) is 0 Å². The summed E-state index contributed by atoms with van der Waals surface area (Å²) in [6.07, 6.45) is 0. The molecule has 0 amide bonds. The molecule has 21 heavy (non-hydrogen) atoms. The second-order valence-electron chi connectivity index (χ2n) is 4.66. The van der Waals surface area contributed by atoms with Gasteiger partial charge >= 0.3 is 0 Å². The molecule has 0 fully saturated rings. The van der Waals surface area contributed by atoms with E-state index in [0.29, 0.717) is 17.1 Å². The van der Waals surface area contributed by atoms with Crippen molar-refractivity contribution in [1.29, 1.82) is 0 Å². The van der Waals surface area contributed by atoms with Crippen molar-refractivity contribution in [3.05, 3.63) is 59.2 Å². The van der Waals surface area contributed by atoms with Crippen LogP contribution in [0.1, 0.15) is 11.4 Å². The van der Waals surface area contributed by atoms with Gasteiger partial charge in [-0.25, -0.2) is 18.2 Å². The molecule has 108 valence electrons. The van der Waals surface area contributed by atoms with Crippen LogP contribution in [-0.2, 0) is 5.88 Å². The van der Waals surface area contributed by atoms with E-state index >= 15 is 0 Å². The lowest BCUT2D eigenvalue weighted by Gasteiger charge is -2.09. The maximum absolute atomic E-state index is 14.1. The molecule has 0 atom stereocenters. The van der Waals surface area contributed by atoms with E-state index in [-0.39, 0.29) is 16.9 Å². The maximum atomic E-state index is 14.1. The number of imidazole rings is 1. The Kier molecular flexibility index (Phi) is 3.37. The highest BCUT2D eigenvalue weighted by Crippen LogP contribution is 2.27. The van der Waals surface area contributed by atoms with E-state index in [2.05, 4.69) is 4.98 Å². The van der Waals surface area contributed by atoms with Crippen molar-refractivity contribution in [3.63, 3.8) is 0 Å². The average Bonchev–Trinajstić information content (AvgIpc) is 2.85. The first-order chi connectivity index (χ1) is 10.0. The summed E-state index contributed by atoms with van der Waals surface area (Å²) < 4.78 is 42.7. The predicted molar refractivity (Wildman–Crippen MR) is 75.2 cm³/mol. The first kappa shape index (κ1) is 13.9. The molecular formula is C15H10ClF3N2. The Balaban J connectivity index is 2.39. The first-order valence-corrected chi connectivity index (χ1v) is 6.74. The average molecular weight is 311 g/mol. The van der Waals surface area contributed by atoms with Crippen molar-refractivity contribution < 1.29 is 13.2 Å². The number of aromatic nitrogens is 2. The molecular weight excluding hydrogens is 301 g/mol. The number of rotatable bonds is 2. The van der Waals surface area contributed by atoms with Crippen LogP contribution in [0.3, 0.4) is 0 Å². The molecule has 0 N–H and O–H groups in total. The Hall–Kier alpha value is -2.01. The lowest BCUT2D eigenvalue weighted by atomic mass is 10.2. The summed E-state index contributed by atoms with van der Waals surface area (Å²) in [6, 6.07) is 6.79. The number of fused-ring (bicyclic) bond motifs is 1. The van der Waals surface area contributed by atoms with E-state index in [0.717, 1.165) is 6.07 Å². The van der Waals surface area contributed by atoms with Crippen molar-refractivity contribution in [3.8, 4) is 5.69 Å². The summed E-state index contributed by atoms with van der Waals surface area (Å²) in [6.45, 7) is 1.62. The molecule has 1 aromatic heterocycles. The highest BCUT2D eigenvalue weighted by Gasteiger charge is 2.18. The standard InChI is InChI=1S/C15H10ClF3N2/c1-8-2-3-9(6-11(8)18)21-13(7-16)20-12-5-4-10(17)14(19)15(12)21/h2-6H,7H2,1H3. The third-order valence-corrected chi connectivity index (χ3v) is 3.55. The highest BCUT2D eigenvalue weighted by atomic mass is 35.5. The zero-order valence-electron chi connectivity index (χ0n) is 11.0. The number of hydrogen-bond donors (Lipinski definition) is 0. The fraction of sp³-hybridized carbons (Fsp3) is 0.133. The normalized spacial score (nSPS) is 11.3. The Bertz CT molecular complexity index is 843. The molecule has 3 rings (SSSR count). The molecule has 0 aliphatic rings. The van der Waals surface area contributed by atoms with Crippen LogP contribution in [0, 0.1) is 24.4 Å². The van der Waals surface area contributed by atoms with Gasteiger partial charge in [0.2, 0.25) is 0 Å². The van der Waals surface area contributed by atoms with Gasteiger partial charge in [0.05, 0.1) is 17.1 Å². The van der Waals surface area contributed by atoms with Crippen molar-refractivity contribution in [2.75, 3.05) is 0 Å². The summed E-state index contributed by atoms with van der Waals surface area (Å²) in [5.74, 6) is -2.15. The first-order valence-electron chi connectivity index (χ1n) is 6.20. The quantitative estimate of drug-likeness (QED) is 0.638. The van der Waals surface area contributed by atoms with Crippen LogP contribution in [0.15, 0.2) is 30.3 Å². The van der Waals surface area contributed by atoms with Gasteiger partial charge in [-0.15, -0.1) is 11.6 Å². The van der Waals surface area contributed by atoms with Gasteiger partial charge in [-0.2, -0.15) is 0 Å². The van der Waals surface area contributed by atoms with E-state index in [4.69, 9.17) is 11.6 Å². The summed E-state index contributed by atoms with van der Waals surface area (Å²) in [5.41, 5.74) is 1.03. The number of aryl methyl sites for hydroxylation is 1. The number of hydrogen-bond acceptors (Lipinski definition) is 1. The van der Waals surface area contributed by atoms with Crippen LogP contribution >= 0.6 is 11.6 Å². The molecule has 0 saturated carbocycles. The largest absolute Gasteiger partial charge is 0.292 e. The fourth-order valence-corrected chi connectivity index (χ4v) is 2.42. The molecule has 2 aromatic carbocycles. The Morgan fingerprint density at radius 2 is 1.86 bits per heavy atom. The van der Waals surface area contributed by atoms with Gasteiger partial charge in [-0.1, -0.05) is 6.07 Å². The molecule has 0 aliphatic carbocycles. The molecule has 0 radical (unpaired) electrons. The molecule has 0 unspecified atom stereocenters. The summed E-state index contributed by atoms with van der Waals surface area (Å²) >= 11 is 5.82.